The highest BCUT2D eigenvalue weighted by atomic mass is 35.5. The highest BCUT2D eigenvalue weighted by molar-refractivity contribution is 7.89. The number of carbonyl (C=O) groups excluding carboxylic acids is 2. The molecule has 0 atom stereocenters. The molecule has 1 saturated heterocycles. The largest absolute Gasteiger partial charge is 0.336 e. The fourth-order valence-corrected chi connectivity index (χ4v) is 5.90. The number of piperazine rings is 1. The molecule has 2 amide bonds. The molecule has 0 spiro atoms. The van der Waals surface area contributed by atoms with Crippen LogP contribution in [-0.4, -0.2) is 74.1 Å². The zero-order valence-electron chi connectivity index (χ0n) is 21.1. The number of anilines is 1. The summed E-state index contributed by atoms with van der Waals surface area (Å²) < 4.78 is 28.0. The third kappa shape index (κ3) is 7.51. The SMILES string of the molecule is CN1CCN(C(=O)c2ccc(NC(=O)CN(Cc3ccc(Cl)c(Cl)c3)S(=O)(=O)c3ccc(Cl)cc3)cc2)CC1. The van der Waals surface area contributed by atoms with Crippen LogP contribution in [0.5, 0.6) is 0 Å². The summed E-state index contributed by atoms with van der Waals surface area (Å²) in [6.45, 7) is 2.37. The number of nitrogens with one attached hydrogen (secondary N) is 1. The van der Waals surface area contributed by atoms with Crippen molar-refractivity contribution in [3.8, 4) is 0 Å². The third-order valence-electron chi connectivity index (χ3n) is 6.32. The maximum absolute atomic E-state index is 13.5. The van der Waals surface area contributed by atoms with Gasteiger partial charge in [0.1, 0.15) is 0 Å². The van der Waals surface area contributed by atoms with E-state index in [1.54, 1.807) is 47.4 Å². The van der Waals surface area contributed by atoms with E-state index in [0.717, 1.165) is 17.4 Å². The van der Waals surface area contributed by atoms with E-state index in [4.69, 9.17) is 34.8 Å². The lowest BCUT2D eigenvalue weighted by Crippen LogP contribution is -2.47. The maximum Gasteiger partial charge on any atom is 0.253 e. The second-order valence-corrected chi connectivity index (χ2v) is 12.4. The first-order valence-electron chi connectivity index (χ1n) is 12.1. The van der Waals surface area contributed by atoms with Gasteiger partial charge in [-0.25, -0.2) is 8.42 Å². The lowest BCUT2D eigenvalue weighted by atomic mass is 10.1. The Balaban J connectivity index is 1.49. The zero-order valence-corrected chi connectivity index (χ0v) is 24.2. The number of carbonyl (C=O) groups is 2. The van der Waals surface area contributed by atoms with Gasteiger partial charge >= 0.3 is 0 Å². The van der Waals surface area contributed by atoms with Gasteiger partial charge in [0, 0.05) is 49.0 Å². The number of amides is 2. The standard InChI is InChI=1S/C27H27Cl3N4O4S/c1-32-12-14-33(15-13-32)27(36)20-3-7-22(8-4-20)31-26(35)18-34(17-19-2-11-24(29)25(30)16-19)39(37,38)23-9-5-21(28)6-10-23/h2-11,16H,12-15,17-18H2,1H3,(H,31,35). The Morgan fingerprint density at radius 3 is 2.13 bits per heavy atom. The lowest BCUT2D eigenvalue weighted by molar-refractivity contribution is -0.116. The summed E-state index contributed by atoms with van der Waals surface area (Å²) >= 11 is 18.1. The first-order valence-corrected chi connectivity index (χ1v) is 14.7. The van der Waals surface area contributed by atoms with Gasteiger partial charge in [-0.3, -0.25) is 9.59 Å². The average Bonchev–Trinajstić information content (AvgIpc) is 2.91. The number of sulfonamides is 1. The molecule has 1 N–H and O–H groups in total. The number of hydrogen-bond acceptors (Lipinski definition) is 5. The lowest BCUT2D eigenvalue weighted by Gasteiger charge is -2.32. The Bertz CT molecular complexity index is 1440. The summed E-state index contributed by atoms with van der Waals surface area (Å²) in [7, 11) is -2.06. The van der Waals surface area contributed by atoms with E-state index in [9.17, 15) is 18.0 Å². The van der Waals surface area contributed by atoms with E-state index < -0.39 is 22.5 Å². The summed E-state index contributed by atoms with van der Waals surface area (Å²) in [6, 6.07) is 17.0. The molecule has 1 aliphatic rings. The predicted molar refractivity (Wildman–Crippen MR) is 154 cm³/mol. The van der Waals surface area contributed by atoms with Gasteiger partial charge in [0.2, 0.25) is 15.9 Å². The van der Waals surface area contributed by atoms with E-state index in [0.29, 0.717) is 39.9 Å². The molecular weight excluding hydrogens is 583 g/mol. The van der Waals surface area contributed by atoms with Crippen molar-refractivity contribution < 1.29 is 18.0 Å². The summed E-state index contributed by atoms with van der Waals surface area (Å²) in [5, 5.41) is 3.71. The normalized spacial score (nSPS) is 14.4. The van der Waals surface area contributed by atoms with Gasteiger partial charge in [0.05, 0.1) is 21.5 Å². The van der Waals surface area contributed by atoms with Crippen molar-refractivity contribution in [1.29, 1.82) is 0 Å². The quantitative estimate of drug-likeness (QED) is 0.394. The number of rotatable bonds is 8. The van der Waals surface area contributed by atoms with Crippen molar-refractivity contribution in [2.24, 2.45) is 0 Å². The van der Waals surface area contributed by atoms with Crippen LogP contribution in [0.25, 0.3) is 0 Å². The first-order chi connectivity index (χ1) is 18.5. The highest BCUT2D eigenvalue weighted by Gasteiger charge is 2.27. The van der Waals surface area contributed by atoms with Crippen molar-refractivity contribution in [2.45, 2.75) is 11.4 Å². The van der Waals surface area contributed by atoms with Gasteiger partial charge in [-0.05, 0) is 73.3 Å². The molecule has 0 radical (unpaired) electrons. The summed E-state index contributed by atoms with van der Waals surface area (Å²) in [5.74, 6) is -0.617. The third-order valence-corrected chi connectivity index (χ3v) is 9.12. The Kier molecular flexibility index (Phi) is 9.53. The van der Waals surface area contributed by atoms with Crippen LogP contribution in [0.1, 0.15) is 15.9 Å². The molecule has 1 heterocycles. The molecule has 3 aromatic rings. The number of benzene rings is 3. The Morgan fingerprint density at radius 2 is 1.51 bits per heavy atom. The molecule has 3 aromatic carbocycles. The molecule has 1 aliphatic heterocycles. The molecule has 206 valence electrons. The average molecular weight is 610 g/mol. The van der Waals surface area contributed by atoms with Crippen LogP contribution in [0.15, 0.2) is 71.6 Å². The molecule has 0 bridgehead atoms. The fourth-order valence-electron chi connectivity index (χ4n) is 4.07. The van der Waals surface area contributed by atoms with E-state index >= 15 is 0 Å². The fraction of sp³-hybridized carbons (Fsp3) is 0.259. The van der Waals surface area contributed by atoms with Gasteiger partial charge in [-0.1, -0.05) is 40.9 Å². The minimum atomic E-state index is -4.08. The molecular formula is C27H27Cl3N4O4S. The second-order valence-electron chi connectivity index (χ2n) is 9.20. The molecule has 1 fully saturated rings. The molecule has 0 aromatic heterocycles. The number of halogens is 3. The Hall–Kier alpha value is -2.66. The first kappa shape index (κ1) is 29.3. The molecule has 12 heteroatoms. The second kappa shape index (κ2) is 12.7. The van der Waals surface area contributed by atoms with E-state index in [2.05, 4.69) is 10.2 Å². The molecule has 0 unspecified atom stereocenters. The van der Waals surface area contributed by atoms with Crippen LogP contribution in [-0.2, 0) is 21.4 Å². The Morgan fingerprint density at radius 1 is 0.872 bits per heavy atom. The van der Waals surface area contributed by atoms with Gasteiger partial charge < -0.3 is 15.1 Å². The van der Waals surface area contributed by atoms with Crippen molar-refractivity contribution in [3.05, 3.63) is 92.9 Å². The van der Waals surface area contributed by atoms with Crippen LogP contribution in [0, 0.1) is 0 Å². The highest BCUT2D eigenvalue weighted by Crippen LogP contribution is 2.26. The monoisotopic (exact) mass is 608 g/mol. The maximum atomic E-state index is 13.5. The predicted octanol–water partition coefficient (Wildman–Crippen LogP) is 4.86. The number of hydrogen-bond donors (Lipinski definition) is 1. The van der Waals surface area contributed by atoms with Gasteiger partial charge in [-0.2, -0.15) is 4.31 Å². The van der Waals surface area contributed by atoms with Crippen molar-refractivity contribution >= 4 is 62.3 Å². The number of nitrogens with zero attached hydrogens (tertiary/aromatic N) is 3. The van der Waals surface area contributed by atoms with Crippen molar-refractivity contribution in [3.63, 3.8) is 0 Å². The molecule has 8 nitrogen and oxygen atoms in total. The van der Waals surface area contributed by atoms with Crippen molar-refractivity contribution in [2.75, 3.05) is 45.1 Å². The van der Waals surface area contributed by atoms with Crippen LogP contribution in [0.4, 0.5) is 5.69 Å². The van der Waals surface area contributed by atoms with E-state index in [1.807, 2.05) is 7.05 Å². The molecule has 0 aliphatic carbocycles. The van der Waals surface area contributed by atoms with E-state index in [1.165, 1.54) is 24.3 Å². The number of likely N-dealkylation sites (N-methyl/N-ethyl adjacent to an activating group) is 1. The zero-order chi connectivity index (χ0) is 28.2. The van der Waals surface area contributed by atoms with Crippen LogP contribution in [0.3, 0.4) is 0 Å². The van der Waals surface area contributed by atoms with Crippen LogP contribution in [0.2, 0.25) is 15.1 Å². The topological polar surface area (TPSA) is 90.0 Å². The summed E-state index contributed by atoms with van der Waals surface area (Å²) in [5.41, 5.74) is 1.51. The summed E-state index contributed by atoms with van der Waals surface area (Å²) in [6.07, 6.45) is 0. The van der Waals surface area contributed by atoms with Crippen LogP contribution < -0.4 is 5.32 Å². The molecule has 39 heavy (non-hydrogen) atoms. The minimum Gasteiger partial charge on any atom is -0.336 e. The van der Waals surface area contributed by atoms with Gasteiger partial charge in [0.25, 0.3) is 5.91 Å². The Labute approximate surface area is 243 Å². The van der Waals surface area contributed by atoms with Crippen molar-refractivity contribution in [1.82, 2.24) is 14.1 Å². The van der Waals surface area contributed by atoms with Gasteiger partial charge in [-0.15, -0.1) is 0 Å². The minimum absolute atomic E-state index is 0.00784. The summed E-state index contributed by atoms with van der Waals surface area (Å²) in [4.78, 5) is 29.7. The smallest absolute Gasteiger partial charge is 0.253 e. The molecule has 0 saturated carbocycles. The van der Waals surface area contributed by atoms with E-state index in [-0.39, 0.29) is 22.4 Å². The van der Waals surface area contributed by atoms with Crippen LogP contribution >= 0.6 is 34.8 Å². The molecule has 4 rings (SSSR count). The van der Waals surface area contributed by atoms with Gasteiger partial charge in [0.15, 0.2) is 0 Å².